The summed E-state index contributed by atoms with van der Waals surface area (Å²) >= 11 is 0. The molecule has 3 aromatic rings. The molecule has 1 N–H and O–H groups in total. The van der Waals surface area contributed by atoms with Crippen molar-refractivity contribution >= 4 is 21.4 Å². The van der Waals surface area contributed by atoms with E-state index < -0.39 is 10.0 Å². The minimum absolute atomic E-state index is 0.243. The smallest absolute Gasteiger partial charge is 0.262 e. The third kappa shape index (κ3) is 4.21. The van der Waals surface area contributed by atoms with Gasteiger partial charge in [-0.05, 0) is 82.5 Å². The molecule has 160 valence electrons. The molecule has 0 fully saturated rings. The largest absolute Gasteiger partial charge is 0.372 e. The molecule has 1 heterocycles. The summed E-state index contributed by atoms with van der Waals surface area (Å²) in [6.45, 7) is 13.4. The lowest BCUT2D eigenvalue weighted by atomic mass is 10.0. The molecule has 0 unspecified atom stereocenters. The second kappa shape index (κ2) is 8.52. The fourth-order valence-corrected chi connectivity index (χ4v) is 5.09. The maximum absolute atomic E-state index is 13.2. The first-order chi connectivity index (χ1) is 14.2. The summed E-state index contributed by atoms with van der Waals surface area (Å²) in [5.41, 5.74) is 5.54. The van der Waals surface area contributed by atoms with Crippen molar-refractivity contribution in [1.29, 1.82) is 0 Å². The number of rotatable bonds is 7. The van der Waals surface area contributed by atoms with Crippen LogP contribution in [0.15, 0.2) is 45.8 Å². The number of benzene rings is 2. The molecule has 0 amide bonds. The Morgan fingerprint density at radius 2 is 1.67 bits per heavy atom. The van der Waals surface area contributed by atoms with Gasteiger partial charge in [-0.2, -0.15) is 0 Å². The molecule has 0 aliphatic carbocycles. The molecule has 0 aliphatic rings. The zero-order valence-corrected chi connectivity index (χ0v) is 19.2. The zero-order valence-electron chi connectivity index (χ0n) is 18.4. The van der Waals surface area contributed by atoms with E-state index >= 15 is 0 Å². The standard InChI is InChI=1S/C23H29N3O3S/c1-7-26(8-2)20-11-12-21(16(4)13-20)25-30(27,28)22-14-19(10-9-15(22)3)23-17(5)24-29-18(23)6/h9-14,25H,7-8H2,1-6H3. The molecule has 1 aromatic heterocycles. The van der Waals surface area contributed by atoms with Crippen LogP contribution in [0.4, 0.5) is 11.4 Å². The third-order valence-electron chi connectivity index (χ3n) is 5.38. The van der Waals surface area contributed by atoms with Crippen LogP contribution in [0, 0.1) is 27.7 Å². The van der Waals surface area contributed by atoms with Crippen LogP contribution >= 0.6 is 0 Å². The first-order valence-electron chi connectivity index (χ1n) is 10.1. The van der Waals surface area contributed by atoms with Crippen molar-refractivity contribution in [3.05, 3.63) is 59.0 Å². The second-order valence-corrected chi connectivity index (χ2v) is 9.11. The molecule has 2 aromatic carbocycles. The Hall–Kier alpha value is -2.80. The van der Waals surface area contributed by atoms with Gasteiger partial charge in [0.2, 0.25) is 0 Å². The predicted octanol–water partition coefficient (Wildman–Crippen LogP) is 5.22. The Kier molecular flexibility index (Phi) is 6.22. The van der Waals surface area contributed by atoms with Gasteiger partial charge in [0.1, 0.15) is 5.76 Å². The molecule has 0 aliphatic heterocycles. The highest BCUT2D eigenvalue weighted by Gasteiger charge is 2.21. The highest BCUT2D eigenvalue weighted by atomic mass is 32.2. The number of nitrogens with zero attached hydrogens (tertiary/aromatic N) is 2. The summed E-state index contributed by atoms with van der Waals surface area (Å²) in [5, 5.41) is 3.98. The van der Waals surface area contributed by atoms with Gasteiger partial charge in [0.15, 0.2) is 0 Å². The Balaban J connectivity index is 1.98. The van der Waals surface area contributed by atoms with Crippen molar-refractivity contribution < 1.29 is 12.9 Å². The quantitative estimate of drug-likeness (QED) is 0.559. The van der Waals surface area contributed by atoms with Crippen molar-refractivity contribution in [3.8, 4) is 11.1 Å². The summed E-state index contributed by atoms with van der Waals surface area (Å²) in [4.78, 5) is 2.47. The predicted molar refractivity (Wildman–Crippen MR) is 122 cm³/mol. The van der Waals surface area contributed by atoms with E-state index in [1.807, 2.05) is 51.1 Å². The lowest BCUT2D eigenvalue weighted by molar-refractivity contribution is 0.393. The number of anilines is 2. The van der Waals surface area contributed by atoms with Gasteiger partial charge in [0.05, 0.1) is 16.3 Å². The van der Waals surface area contributed by atoms with E-state index in [4.69, 9.17) is 4.52 Å². The van der Waals surface area contributed by atoms with Crippen molar-refractivity contribution in [3.63, 3.8) is 0 Å². The van der Waals surface area contributed by atoms with Gasteiger partial charge in [-0.15, -0.1) is 0 Å². The van der Waals surface area contributed by atoms with E-state index in [-0.39, 0.29) is 4.90 Å². The SMILES string of the molecule is CCN(CC)c1ccc(NS(=O)(=O)c2cc(-c3c(C)noc3C)ccc2C)c(C)c1. The first-order valence-corrected chi connectivity index (χ1v) is 11.6. The minimum Gasteiger partial charge on any atom is -0.372 e. The first kappa shape index (κ1) is 21.9. The highest BCUT2D eigenvalue weighted by molar-refractivity contribution is 7.92. The molecule has 30 heavy (non-hydrogen) atoms. The number of sulfonamides is 1. The van der Waals surface area contributed by atoms with Crippen LogP contribution in [-0.2, 0) is 10.0 Å². The van der Waals surface area contributed by atoms with Crippen molar-refractivity contribution in [2.75, 3.05) is 22.7 Å². The average Bonchev–Trinajstić information content (AvgIpc) is 3.03. The fraction of sp³-hybridized carbons (Fsp3) is 0.348. The normalized spacial score (nSPS) is 11.5. The summed E-state index contributed by atoms with van der Waals surface area (Å²) in [7, 11) is -3.76. The van der Waals surface area contributed by atoms with Crippen LogP contribution in [0.3, 0.4) is 0 Å². The molecular formula is C23H29N3O3S. The summed E-state index contributed by atoms with van der Waals surface area (Å²) in [6, 6.07) is 11.2. The van der Waals surface area contributed by atoms with Gasteiger partial charge in [-0.25, -0.2) is 8.42 Å². The van der Waals surface area contributed by atoms with Crippen LogP contribution in [0.25, 0.3) is 11.1 Å². The van der Waals surface area contributed by atoms with Crippen molar-refractivity contribution in [2.45, 2.75) is 46.4 Å². The molecule has 0 bridgehead atoms. The Labute approximate surface area is 179 Å². The van der Waals surface area contributed by atoms with E-state index in [2.05, 4.69) is 28.6 Å². The van der Waals surface area contributed by atoms with Gasteiger partial charge < -0.3 is 9.42 Å². The van der Waals surface area contributed by atoms with Crippen molar-refractivity contribution in [1.82, 2.24) is 5.16 Å². The summed E-state index contributed by atoms with van der Waals surface area (Å²) < 4.78 is 34.5. The van der Waals surface area contributed by atoms with Gasteiger partial charge in [0.25, 0.3) is 10.0 Å². The van der Waals surface area contributed by atoms with Crippen LogP contribution in [-0.4, -0.2) is 26.7 Å². The van der Waals surface area contributed by atoms with Gasteiger partial charge >= 0.3 is 0 Å². The summed E-state index contributed by atoms with van der Waals surface area (Å²) in [5.74, 6) is 0.662. The Morgan fingerprint density at radius 1 is 0.967 bits per heavy atom. The second-order valence-electron chi connectivity index (χ2n) is 7.46. The number of aromatic nitrogens is 1. The monoisotopic (exact) mass is 427 g/mol. The van der Waals surface area contributed by atoms with E-state index in [0.29, 0.717) is 17.0 Å². The molecule has 0 spiro atoms. The third-order valence-corrected chi connectivity index (χ3v) is 6.89. The molecule has 7 heteroatoms. The highest BCUT2D eigenvalue weighted by Crippen LogP contribution is 2.31. The average molecular weight is 428 g/mol. The maximum atomic E-state index is 13.2. The van der Waals surface area contributed by atoms with Crippen LogP contribution < -0.4 is 9.62 Å². The molecule has 0 saturated heterocycles. The molecule has 6 nitrogen and oxygen atoms in total. The van der Waals surface area contributed by atoms with Crippen LogP contribution in [0.2, 0.25) is 0 Å². The number of hydrogen-bond acceptors (Lipinski definition) is 5. The van der Waals surface area contributed by atoms with E-state index in [0.717, 1.165) is 41.2 Å². The van der Waals surface area contributed by atoms with Crippen molar-refractivity contribution in [2.24, 2.45) is 0 Å². The van der Waals surface area contributed by atoms with E-state index in [9.17, 15) is 8.42 Å². The molecular weight excluding hydrogens is 398 g/mol. The van der Waals surface area contributed by atoms with Gasteiger partial charge in [0, 0.05) is 24.3 Å². The number of aryl methyl sites for hydroxylation is 4. The molecule has 0 radical (unpaired) electrons. The minimum atomic E-state index is -3.76. The Bertz CT molecular complexity index is 1140. The van der Waals surface area contributed by atoms with Crippen LogP contribution in [0.5, 0.6) is 0 Å². The molecule has 0 atom stereocenters. The van der Waals surface area contributed by atoms with E-state index in [1.54, 1.807) is 13.0 Å². The lowest BCUT2D eigenvalue weighted by Gasteiger charge is -2.22. The fourth-order valence-electron chi connectivity index (χ4n) is 3.69. The zero-order chi connectivity index (χ0) is 22.1. The van der Waals surface area contributed by atoms with E-state index in [1.165, 1.54) is 0 Å². The molecule has 3 rings (SSSR count). The van der Waals surface area contributed by atoms with Crippen LogP contribution in [0.1, 0.15) is 36.4 Å². The summed E-state index contributed by atoms with van der Waals surface area (Å²) in [6.07, 6.45) is 0. The molecule has 0 saturated carbocycles. The topological polar surface area (TPSA) is 75.4 Å². The number of hydrogen-bond donors (Lipinski definition) is 1. The lowest BCUT2D eigenvalue weighted by Crippen LogP contribution is -2.22. The maximum Gasteiger partial charge on any atom is 0.262 e. The van der Waals surface area contributed by atoms with Gasteiger partial charge in [-0.1, -0.05) is 17.3 Å². The number of nitrogens with one attached hydrogen (secondary N) is 1. The Morgan fingerprint density at radius 3 is 2.23 bits per heavy atom. The van der Waals surface area contributed by atoms with Gasteiger partial charge in [-0.3, -0.25) is 4.72 Å².